The molecule has 9 heteroatoms. The number of hydrogen-bond acceptors (Lipinski definition) is 6. The fourth-order valence-electron chi connectivity index (χ4n) is 3.17. The highest BCUT2D eigenvalue weighted by molar-refractivity contribution is 6.40. The Morgan fingerprint density at radius 1 is 1.12 bits per heavy atom. The summed E-state index contributed by atoms with van der Waals surface area (Å²) in [5.74, 6) is -0.843. The molecule has 3 rings (SSSR count). The number of pyridine rings is 1. The fraction of sp³-hybridized carbons (Fsp3) is 0.304. The lowest BCUT2D eigenvalue weighted by Crippen LogP contribution is -2.48. The number of allylic oxidation sites excluding steroid dienone is 2. The first-order valence-corrected chi connectivity index (χ1v) is 10.8. The van der Waals surface area contributed by atoms with Crippen LogP contribution in [-0.4, -0.2) is 35.3 Å². The van der Waals surface area contributed by atoms with Crippen molar-refractivity contribution in [3.8, 4) is 0 Å². The van der Waals surface area contributed by atoms with E-state index in [-0.39, 0.29) is 28.0 Å². The molecule has 0 bridgehead atoms. The van der Waals surface area contributed by atoms with Gasteiger partial charge < -0.3 is 15.4 Å². The van der Waals surface area contributed by atoms with E-state index in [9.17, 15) is 14.4 Å². The predicted molar refractivity (Wildman–Crippen MR) is 123 cm³/mol. The molecule has 168 valence electrons. The molecule has 0 saturated heterocycles. The number of halogens is 2. The predicted octanol–water partition coefficient (Wildman–Crippen LogP) is 4.20. The maximum Gasteiger partial charge on any atom is 0.328 e. The average Bonchev–Trinajstić information content (AvgIpc) is 2.74. The number of nitrogens with one attached hydrogen (secondary N) is 2. The van der Waals surface area contributed by atoms with Gasteiger partial charge in [0.25, 0.3) is 5.91 Å². The van der Waals surface area contributed by atoms with E-state index in [2.05, 4.69) is 15.6 Å². The number of anilines is 1. The third-order valence-corrected chi connectivity index (χ3v) is 5.77. The van der Waals surface area contributed by atoms with Crippen LogP contribution < -0.4 is 10.6 Å². The summed E-state index contributed by atoms with van der Waals surface area (Å²) in [5.41, 5.74) is 1.59. The van der Waals surface area contributed by atoms with Crippen LogP contribution in [0.3, 0.4) is 0 Å². The Labute approximate surface area is 196 Å². The van der Waals surface area contributed by atoms with E-state index in [0.29, 0.717) is 17.8 Å². The smallest absolute Gasteiger partial charge is 0.328 e. The summed E-state index contributed by atoms with van der Waals surface area (Å²) in [4.78, 5) is 40.6. The number of carbonyl (C=O) groups is 3. The van der Waals surface area contributed by atoms with E-state index in [0.717, 1.165) is 5.56 Å². The molecule has 1 heterocycles. The fourth-order valence-corrected chi connectivity index (χ4v) is 3.71. The van der Waals surface area contributed by atoms with Gasteiger partial charge in [0.05, 0.1) is 27.6 Å². The summed E-state index contributed by atoms with van der Waals surface area (Å²) in [7, 11) is 0. The van der Waals surface area contributed by atoms with E-state index in [1.807, 2.05) is 0 Å². The van der Waals surface area contributed by atoms with Crippen LogP contribution in [0.4, 0.5) is 5.69 Å². The summed E-state index contributed by atoms with van der Waals surface area (Å²) in [6.07, 6.45) is 4.54. The normalized spacial score (nSPS) is 15.3. The average molecular weight is 476 g/mol. The Hall–Kier alpha value is -2.90. The van der Waals surface area contributed by atoms with Gasteiger partial charge >= 0.3 is 5.97 Å². The van der Waals surface area contributed by atoms with Crippen molar-refractivity contribution < 1.29 is 19.1 Å². The highest BCUT2D eigenvalue weighted by atomic mass is 35.5. The minimum atomic E-state index is -0.650. The minimum Gasteiger partial charge on any atom is -0.464 e. The topological polar surface area (TPSA) is 97.4 Å². The highest BCUT2D eigenvalue weighted by Crippen LogP contribution is 2.35. The second-order valence-electron chi connectivity index (χ2n) is 7.83. The van der Waals surface area contributed by atoms with E-state index >= 15 is 0 Å². The van der Waals surface area contributed by atoms with Crippen LogP contribution in [0.2, 0.25) is 10.0 Å². The number of amides is 1. The number of rotatable bonds is 8. The molecule has 32 heavy (non-hydrogen) atoms. The van der Waals surface area contributed by atoms with E-state index < -0.39 is 23.3 Å². The second kappa shape index (κ2) is 9.71. The molecule has 1 atom stereocenters. The summed E-state index contributed by atoms with van der Waals surface area (Å²) in [6.45, 7) is 5.60. The van der Waals surface area contributed by atoms with Gasteiger partial charge in [-0.2, -0.15) is 0 Å². The van der Waals surface area contributed by atoms with Crippen molar-refractivity contribution >= 4 is 46.5 Å². The van der Waals surface area contributed by atoms with Gasteiger partial charge in [-0.05, 0) is 38.5 Å². The number of esters is 1. The van der Waals surface area contributed by atoms with Crippen LogP contribution in [0.15, 0.2) is 48.4 Å². The Morgan fingerprint density at radius 3 is 2.28 bits per heavy atom. The Morgan fingerprint density at radius 2 is 1.75 bits per heavy atom. The lowest BCUT2D eigenvalue weighted by molar-refractivity contribution is -0.145. The van der Waals surface area contributed by atoms with Crippen LogP contribution in [0, 0.1) is 5.41 Å². The minimum absolute atomic E-state index is 0.0112. The zero-order chi connectivity index (χ0) is 23.5. The zero-order valence-corrected chi connectivity index (χ0v) is 19.4. The summed E-state index contributed by atoms with van der Waals surface area (Å²) in [6, 6.07) is 6.38. The lowest BCUT2D eigenvalue weighted by Gasteiger charge is -2.36. The largest absolute Gasteiger partial charge is 0.464 e. The maximum absolute atomic E-state index is 12.5. The quantitative estimate of drug-likeness (QED) is 0.555. The van der Waals surface area contributed by atoms with Gasteiger partial charge in [0.2, 0.25) is 0 Å². The van der Waals surface area contributed by atoms with Crippen molar-refractivity contribution in [1.29, 1.82) is 0 Å². The van der Waals surface area contributed by atoms with E-state index in [1.165, 1.54) is 18.5 Å². The first kappa shape index (κ1) is 23.8. The highest BCUT2D eigenvalue weighted by Gasteiger charge is 2.41. The maximum atomic E-state index is 12.5. The molecule has 1 aromatic heterocycles. The second-order valence-corrected chi connectivity index (χ2v) is 8.64. The third kappa shape index (κ3) is 5.11. The van der Waals surface area contributed by atoms with Crippen LogP contribution in [-0.2, 0) is 20.7 Å². The van der Waals surface area contributed by atoms with Crippen LogP contribution >= 0.6 is 23.2 Å². The Balaban J connectivity index is 1.70. The third-order valence-electron chi connectivity index (χ3n) is 5.20. The number of ether oxygens (including phenoxy) is 1. The standard InChI is InChI=1S/C23H23Cl2N3O4/c1-4-32-22(31)17(28-18-10-19(29)23(18,2)3)9-13-5-7-14(8-6-13)27-21(30)20-15(24)11-26-12-16(20)25/h5-8,10-12,17,28H,4,9H2,1-3H3,(H,27,30)/t17-/m0/s1. The molecular weight excluding hydrogens is 453 g/mol. The Kier molecular flexibility index (Phi) is 7.21. The summed E-state index contributed by atoms with van der Waals surface area (Å²) < 4.78 is 5.19. The van der Waals surface area contributed by atoms with Gasteiger partial charge in [0.1, 0.15) is 6.04 Å². The van der Waals surface area contributed by atoms with Gasteiger partial charge in [-0.1, -0.05) is 35.3 Å². The molecule has 2 N–H and O–H groups in total. The molecule has 1 aromatic carbocycles. The van der Waals surface area contributed by atoms with Crippen molar-refractivity contribution in [2.75, 3.05) is 11.9 Å². The molecule has 0 aliphatic heterocycles. The van der Waals surface area contributed by atoms with Gasteiger partial charge in [0.15, 0.2) is 5.78 Å². The molecule has 0 radical (unpaired) electrons. The molecule has 0 spiro atoms. The molecule has 0 fully saturated rings. The molecule has 1 aliphatic carbocycles. The van der Waals surface area contributed by atoms with Crippen molar-refractivity contribution in [2.24, 2.45) is 5.41 Å². The number of hydrogen-bond donors (Lipinski definition) is 2. The first-order valence-electron chi connectivity index (χ1n) is 10.0. The SMILES string of the molecule is CCOC(=O)[C@H](Cc1ccc(NC(=O)c2c(Cl)cncc2Cl)cc1)NC1=CC(=O)C1(C)C. The summed E-state index contributed by atoms with van der Waals surface area (Å²) >= 11 is 12.1. The van der Waals surface area contributed by atoms with Crippen molar-refractivity contribution in [2.45, 2.75) is 33.2 Å². The molecule has 7 nitrogen and oxygen atoms in total. The van der Waals surface area contributed by atoms with Gasteiger partial charge in [-0.15, -0.1) is 0 Å². The van der Waals surface area contributed by atoms with Crippen molar-refractivity contribution in [1.82, 2.24) is 10.3 Å². The van der Waals surface area contributed by atoms with Crippen molar-refractivity contribution in [3.63, 3.8) is 0 Å². The van der Waals surface area contributed by atoms with E-state index in [4.69, 9.17) is 27.9 Å². The van der Waals surface area contributed by atoms with Gasteiger partial charge in [0, 0.05) is 36.3 Å². The molecular formula is C23H23Cl2N3O4. The number of ketones is 1. The van der Waals surface area contributed by atoms with Crippen LogP contribution in [0.25, 0.3) is 0 Å². The summed E-state index contributed by atoms with van der Waals surface area (Å²) in [5, 5.41) is 6.20. The molecule has 0 unspecified atom stereocenters. The number of aromatic nitrogens is 1. The number of carbonyl (C=O) groups excluding carboxylic acids is 3. The molecule has 1 aliphatic rings. The van der Waals surface area contributed by atoms with Crippen LogP contribution in [0.5, 0.6) is 0 Å². The van der Waals surface area contributed by atoms with Crippen LogP contribution in [0.1, 0.15) is 36.7 Å². The lowest BCUT2D eigenvalue weighted by atomic mass is 9.74. The molecule has 0 saturated carbocycles. The number of benzene rings is 1. The van der Waals surface area contributed by atoms with Gasteiger partial charge in [-0.3, -0.25) is 14.6 Å². The Bertz CT molecular complexity index is 1060. The molecule has 2 aromatic rings. The monoisotopic (exact) mass is 475 g/mol. The van der Waals surface area contributed by atoms with Gasteiger partial charge in [-0.25, -0.2) is 4.79 Å². The first-order chi connectivity index (χ1) is 15.1. The van der Waals surface area contributed by atoms with Crippen molar-refractivity contribution in [3.05, 3.63) is 69.6 Å². The number of nitrogens with zero attached hydrogens (tertiary/aromatic N) is 1. The zero-order valence-electron chi connectivity index (χ0n) is 17.9. The van der Waals surface area contributed by atoms with E-state index in [1.54, 1.807) is 45.0 Å². The molecule has 1 amide bonds.